The van der Waals surface area contributed by atoms with Gasteiger partial charge in [0.1, 0.15) is 0 Å². The lowest BCUT2D eigenvalue weighted by Crippen LogP contribution is -2.46. The Balaban J connectivity index is 1.15. The van der Waals surface area contributed by atoms with Crippen molar-refractivity contribution in [2.24, 2.45) is 0 Å². The van der Waals surface area contributed by atoms with E-state index in [1.54, 1.807) is 23.1 Å². The maximum absolute atomic E-state index is 12.8. The minimum atomic E-state index is 0.0179. The number of rotatable bonds is 10. The number of unbranched alkanes of at least 4 members (excludes halogenated alkanes) is 1. The van der Waals surface area contributed by atoms with Crippen LogP contribution < -0.4 is 10.2 Å². The molecule has 34 heavy (non-hydrogen) atoms. The van der Waals surface area contributed by atoms with E-state index in [0.29, 0.717) is 6.54 Å². The van der Waals surface area contributed by atoms with E-state index in [1.165, 1.54) is 11.3 Å². The Bertz CT molecular complexity index is 1080. The van der Waals surface area contributed by atoms with Crippen LogP contribution in [-0.4, -0.2) is 55.1 Å². The molecule has 0 bridgehead atoms. The van der Waals surface area contributed by atoms with Gasteiger partial charge in [-0.25, -0.2) is 4.98 Å². The van der Waals surface area contributed by atoms with E-state index in [-0.39, 0.29) is 5.91 Å². The Labute approximate surface area is 211 Å². The number of thiazole rings is 1. The average molecular weight is 495 g/mol. The Hall–Kier alpha value is -2.35. The average Bonchev–Trinajstić information content (AvgIpc) is 3.28. The van der Waals surface area contributed by atoms with Crippen LogP contribution in [0.5, 0.6) is 0 Å². The van der Waals surface area contributed by atoms with Crippen molar-refractivity contribution in [3.05, 3.63) is 75.7 Å². The number of hydrogen-bond donors (Lipinski definition) is 1. The zero-order chi connectivity index (χ0) is 23.8. The Kier molecular flexibility index (Phi) is 9.02. The van der Waals surface area contributed by atoms with Gasteiger partial charge in [-0.05, 0) is 63.1 Å². The highest BCUT2D eigenvalue weighted by Crippen LogP contribution is 2.27. The zero-order valence-corrected chi connectivity index (χ0v) is 21.8. The molecule has 4 rings (SSSR count). The van der Waals surface area contributed by atoms with Crippen molar-refractivity contribution in [3.8, 4) is 0 Å². The summed E-state index contributed by atoms with van der Waals surface area (Å²) < 4.78 is 0. The summed E-state index contributed by atoms with van der Waals surface area (Å²) >= 11 is 3.34. The van der Waals surface area contributed by atoms with Crippen molar-refractivity contribution >= 4 is 34.7 Å². The molecule has 1 aromatic heterocycles. The summed E-state index contributed by atoms with van der Waals surface area (Å²) in [6.45, 7) is 10.3. The van der Waals surface area contributed by atoms with Crippen LogP contribution >= 0.6 is 23.1 Å². The molecule has 2 aromatic carbocycles. The monoisotopic (exact) mass is 494 g/mol. The predicted molar refractivity (Wildman–Crippen MR) is 144 cm³/mol. The van der Waals surface area contributed by atoms with Crippen molar-refractivity contribution in [3.63, 3.8) is 0 Å². The van der Waals surface area contributed by atoms with Gasteiger partial charge in [0.15, 0.2) is 0 Å². The number of aryl methyl sites for hydroxylation is 2. The molecule has 1 aliphatic rings. The molecule has 0 atom stereocenters. The molecule has 1 fully saturated rings. The molecule has 1 amide bonds. The van der Waals surface area contributed by atoms with E-state index >= 15 is 0 Å². The van der Waals surface area contributed by atoms with E-state index in [9.17, 15) is 4.79 Å². The fourth-order valence-corrected chi connectivity index (χ4v) is 5.88. The van der Waals surface area contributed by atoms with Gasteiger partial charge in [-0.3, -0.25) is 9.69 Å². The fourth-order valence-electron chi connectivity index (χ4n) is 4.22. The number of amides is 1. The molecular formula is C27H34N4OS2. The molecule has 1 N–H and O–H groups in total. The molecule has 2 heterocycles. The molecule has 0 spiro atoms. The van der Waals surface area contributed by atoms with Crippen LogP contribution in [0.2, 0.25) is 0 Å². The van der Waals surface area contributed by atoms with E-state index in [0.717, 1.165) is 72.5 Å². The molecule has 0 saturated carbocycles. The van der Waals surface area contributed by atoms with E-state index < -0.39 is 0 Å². The summed E-state index contributed by atoms with van der Waals surface area (Å²) in [4.78, 5) is 23.3. The SMILES string of the molecule is Cc1cccc(N2CCN(CCCCNC(=O)c3ccccc3SCc3csc(C)n3)CC2)c1. The van der Waals surface area contributed by atoms with Crippen molar-refractivity contribution in [1.29, 1.82) is 0 Å². The second-order valence-electron chi connectivity index (χ2n) is 8.77. The highest BCUT2D eigenvalue weighted by Gasteiger charge is 2.17. The molecule has 0 aliphatic carbocycles. The van der Waals surface area contributed by atoms with Crippen LogP contribution in [0.25, 0.3) is 0 Å². The fraction of sp³-hybridized carbons (Fsp3) is 0.407. The number of nitrogens with one attached hydrogen (secondary N) is 1. The number of benzene rings is 2. The van der Waals surface area contributed by atoms with Gasteiger partial charge in [0.2, 0.25) is 0 Å². The minimum absolute atomic E-state index is 0.0179. The minimum Gasteiger partial charge on any atom is -0.369 e. The first-order valence-electron chi connectivity index (χ1n) is 12.0. The van der Waals surface area contributed by atoms with Crippen LogP contribution in [0.3, 0.4) is 0 Å². The predicted octanol–water partition coefficient (Wildman–Crippen LogP) is 5.38. The normalized spacial score (nSPS) is 14.4. The van der Waals surface area contributed by atoms with Gasteiger partial charge in [0, 0.05) is 54.4 Å². The molecule has 180 valence electrons. The first kappa shape index (κ1) is 24.8. The summed E-state index contributed by atoms with van der Waals surface area (Å²) in [5.41, 5.74) is 4.48. The Morgan fingerprint density at radius 1 is 1.06 bits per heavy atom. The highest BCUT2D eigenvalue weighted by atomic mass is 32.2. The van der Waals surface area contributed by atoms with Crippen LogP contribution in [0.1, 0.15) is 39.5 Å². The lowest BCUT2D eigenvalue weighted by molar-refractivity contribution is 0.0949. The number of thioether (sulfide) groups is 1. The van der Waals surface area contributed by atoms with Crippen molar-refractivity contribution in [1.82, 2.24) is 15.2 Å². The number of piperazine rings is 1. The summed E-state index contributed by atoms with van der Waals surface area (Å²) in [5.74, 6) is 0.801. The number of nitrogens with zero attached hydrogens (tertiary/aromatic N) is 3. The molecule has 1 aliphatic heterocycles. The van der Waals surface area contributed by atoms with Crippen molar-refractivity contribution < 1.29 is 4.79 Å². The third-order valence-electron chi connectivity index (χ3n) is 6.10. The van der Waals surface area contributed by atoms with Gasteiger partial charge in [-0.1, -0.05) is 24.3 Å². The second kappa shape index (κ2) is 12.4. The molecule has 7 heteroatoms. The number of aromatic nitrogens is 1. The summed E-state index contributed by atoms with van der Waals surface area (Å²) in [6.07, 6.45) is 2.10. The number of carbonyl (C=O) groups excluding carboxylic acids is 1. The first-order valence-corrected chi connectivity index (χ1v) is 13.9. The van der Waals surface area contributed by atoms with Crippen LogP contribution in [0.4, 0.5) is 5.69 Å². The number of hydrogen-bond acceptors (Lipinski definition) is 6. The highest BCUT2D eigenvalue weighted by molar-refractivity contribution is 7.98. The maximum atomic E-state index is 12.8. The number of carbonyl (C=O) groups is 1. The summed E-state index contributed by atoms with van der Waals surface area (Å²) in [7, 11) is 0. The third-order valence-corrected chi connectivity index (χ3v) is 8.03. The molecular weight excluding hydrogens is 460 g/mol. The summed E-state index contributed by atoms with van der Waals surface area (Å²) in [6, 6.07) is 16.6. The smallest absolute Gasteiger partial charge is 0.252 e. The molecule has 0 radical (unpaired) electrons. The Morgan fingerprint density at radius 3 is 2.65 bits per heavy atom. The first-order chi connectivity index (χ1) is 16.6. The standard InChI is InChI=1S/C27H34N4OS2/c1-21-8-7-9-24(18-21)31-16-14-30(15-17-31)13-6-5-12-28-27(32)25-10-3-4-11-26(25)34-20-23-19-33-22(2)29-23/h3-4,7-11,18-19H,5-6,12-17,20H2,1-2H3,(H,28,32). The molecule has 1 saturated heterocycles. The topological polar surface area (TPSA) is 48.5 Å². The lowest BCUT2D eigenvalue weighted by atomic mass is 10.2. The molecule has 3 aromatic rings. The zero-order valence-electron chi connectivity index (χ0n) is 20.1. The number of anilines is 1. The van der Waals surface area contributed by atoms with Crippen LogP contribution in [0.15, 0.2) is 58.8 Å². The maximum Gasteiger partial charge on any atom is 0.252 e. The lowest BCUT2D eigenvalue weighted by Gasteiger charge is -2.36. The van der Waals surface area contributed by atoms with Crippen LogP contribution in [0, 0.1) is 13.8 Å². The van der Waals surface area contributed by atoms with E-state index in [2.05, 4.69) is 56.7 Å². The van der Waals surface area contributed by atoms with Crippen molar-refractivity contribution in [2.45, 2.75) is 37.3 Å². The third kappa shape index (κ3) is 7.08. The summed E-state index contributed by atoms with van der Waals surface area (Å²) in [5, 5.41) is 6.29. The largest absolute Gasteiger partial charge is 0.369 e. The molecule has 5 nitrogen and oxygen atoms in total. The van der Waals surface area contributed by atoms with Crippen molar-refractivity contribution in [2.75, 3.05) is 44.2 Å². The van der Waals surface area contributed by atoms with Gasteiger partial charge in [0.05, 0.1) is 16.3 Å². The van der Waals surface area contributed by atoms with Gasteiger partial charge in [-0.15, -0.1) is 23.1 Å². The second-order valence-corrected chi connectivity index (χ2v) is 10.9. The molecule has 0 unspecified atom stereocenters. The van der Waals surface area contributed by atoms with E-state index in [1.807, 2.05) is 31.2 Å². The van der Waals surface area contributed by atoms with Gasteiger partial charge < -0.3 is 10.2 Å². The quantitative estimate of drug-likeness (QED) is 0.303. The van der Waals surface area contributed by atoms with E-state index in [4.69, 9.17) is 0 Å². The van der Waals surface area contributed by atoms with Gasteiger partial charge >= 0.3 is 0 Å². The van der Waals surface area contributed by atoms with Gasteiger partial charge in [-0.2, -0.15) is 0 Å². The van der Waals surface area contributed by atoms with Crippen LogP contribution in [-0.2, 0) is 5.75 Å². The van der Waals surface area contributed by atoms with Gasteiger partial charge in [0.25, 0.3) is 5.91 Å². The Morgan fingerprint density at radius 2 is 1.88 bits per heavy atom.